The minimum absolute atomic E-state index is 0.192. The summed E-state index contributed by atoms with van der Waals surface area (Å²) in [4.78, 5) is 26.3. The number of carbonyl (C=O) groups excluding carboxylic acids is 2. The van der Waals surface area contributed by atoms with Gasteiger partial charge in [0.25, 0.3) is 0 Å². The Morgan fingerprint density at radius 3 is 1.53 bits per heavy atom. The summed E-state index contributed by atoms with van der Waals surface area (Å²) in [5.41, 5.74) is 10.3. The van der Waals surface area contributed by atoms with Crippen LogP contribution < -0.4 is 20.5 Å². The highest BCUT2D eigenvalue weighted by Crippen LogP contribution is 2.31. The molecule has 216 valence electrons. The predicted octanol–water partition coefficient (Wildman–Crippen LogP) is 6.19. The van der Waals surface area contributed by atoms with E-state index >= 15 is 0 Å². The topological polar surface area (TPSA) is 90.7 Å². The van der Waals surface area contributed by atoms with Gasteiger partial charge >= 0.3 is 0 Å². The number of amides is 2. The Kier molecular flexibility index (Phi) is 9.83. The molecule has 0 unspecified atom stereocenters. The Morgan fingerprint density at radius 2 is 1.05 bits per heavy atom. The standard InChI is InChI=1S/C37H34N2O4/c38-36(40)32(39-37(41)35(30-17-9-3-10-18-30)31-19-11-4-12-20-31)23-29-21-22-33(42-25-27-13-5-1-6-14-27)34(24-29)43-26-28-15-7-2-8-16-28/h1-22,24,32,35H,23,25-26H2,(H2,38,40)(H,39,41)/t32-/m0/s1. The number of hydrogen-bond acceptors (Lipinski definition) is 4. The molecule has 0 aromatic heterocycles. The first kappa shape index (κ1) is 29.1. The van der Waals surface area contributed by atoms with Crippen molar-refractivity contribution in [1.82, 2.24) is 5.32 Å². The van der Waals surface area contributed by atoms with Crippen LogP contribution in [0.4, 0.5) is 0 Å². The fourth-order valence-corrected chi connectivity index (χ4v) is 4.88. The lowest BCUT2D eigenvalue weighted by Crippen LogP contribution is -2.47. The van der Waals surface area contributed by atoms with Gasteiger partial charge in [-0.3, -0.25) is 9.59 Å². The van der Waals surface area contributed by atoms with Crippen LogP contribution in [0.3, 0.4) is 0 Å². The number of carbonyl (C=O) groups is 2. The summed E-state index contributed by atoms with van der Waals surface area (Å²) in [6, 6.07) is 43.3. The third-order valence-electron chi connectivity index (χ3n) is 7.11. The molecule has 0 saturated heterocycles. The van der Waals surface area contributed by atoms with Crippen LogP contribution in [0.5, 0.6) is 11.5 Å². The molecular weight excluding hydrogens is 536 g/mol. The highest BCUT2D eigenvalue weighted by atomic mass is 16.5. The normalized spacial score (nSPS) is 11.5. The molecule has 6 heteroatoms. The zero-order valence-electron chi connectivity index (χ0n) is 23.8. The van der Waals surface area contributed by atoms with E-state index in [1.807, 2.05) is 140 Å². The molecule has 0 radical (unpaired) electrons. The van der Waals surface area contributed by atoms with Crippen LogP contribution in [0.1, 0.15) is 33.7 Å². The van der Waals surface area contributed by atoms with E-state index < -0.39 is 17.9 Å². The first-order valence-electron chi connectivity index (χ1n) is 14.2. The van der Waals surface area contributed by atoms with Gasteiger partial charge in [-0.15, -0.1) is 0 Å². The van der Waals surface area contributed by atoms with Crippen molar-refractivity contribution >= 4 is 11.8 Å². The van der Waals surface area contributed by atoms with Crippen molar-refractivity contribution in [2.45, 2.75) is 31.6 Å². The highest BCUT2D eigenvalue weighted by molar-refractivity contribution is 5.92. The van der Waals surface area contributed by atoms with Gasteiger partial charge in [-0.05, 0) is 39.9 Å². The van der Waals surface area contributed by atoms with Crippen LogP contribution in [0, 0.1) is 0 Å². The summed E-state index contributed by atoms with van der Waals surface area (Å²) in [6.07, 6.45) is 0.192. The van der Waals surface area contributed by atoms with Crippen LogP contribution >= 0.6 is 0 Å². The average molecular weight is 571 g/mol. The number of primary amides is 1. The number of benzene rings is 5. The lowest BCUT2D eigenvalue weighted by molar-refractivity contribution is -0.127. The number of nitrogens with one attached hydrogen (secondary N) is 1. The van der Waals surface area contributed by atoms with Crippen LogP contribution in [0.2, 0.25) is 0 Å². The van der Waals surface area contributed by atoms with E-state index in [0.29, 0.717) is 24.7 Å². The minimum atomic E-state index is -0.930. The molecule has 0 saturated carbocycles. The fraction of sp³-hybridized carbons (Fsp3) is 0.135. The summed E-state index contributed by atoms with van der Waals surface area (Å²) < 4.78 is 12.3. The van der Waals surface area contributed by atoms with Gasteiger partial charge in [-0.25, -0.2) is 0 Å². The highest BCUT2D eigenvalue weighted by Gasteiger charge is 2.27. The van der Waals surface area contributed by atoms with Crippen LogP contribution in [0.25, 0.3) is 0 Å². The second-order valence-electron chi connectivity index (χ2n) is 10.3. The van der Waals surface area contributed by atoms with E-state index in [1.165, 1.54) is 0 Å². The van der Waals surface area contributed by atoms with Crippen LogP contribution in [-0.2, 0) is 29.2 Å². The first-order chi connectivity index (χ1) is 21.1. The molecule has 0 bridgehead atoms. The van der Waals surface area contributed by atoms with Gasteiger partial charge < -0.3 is 20.5 Å². The summed E-state index contributed by atoms with van der Waals surface area (Å²) >= 11 is 0. The minimum Gasteiger partial charge on any atom is -0.485 e. The molecule has 2 amide bonds. The number of rotatable bonds is 13. The second kappa shape index (κ2) is 14.5. The van der Waals surface area contributed by atoms with E-state index in [1.54, 1.807) is 0 Å². The molecule has 43 heavy (non-hydrogen) atoms. The maximum absolute atomic E-state index is 13.7. The zero-order valence-corrected chi connectivity index (χ0v) is 23.8. The van der Waals surface area contributed by atoms with Crippen molar-refractivity contribution in [2.75, 3.05) is 0 Å². The first-order valence-corrected chi connectivity index (χ1v) is 14.2. The Hall–Kier alpha value is -5.36. The van der Waals surface area contributed by atoms with E-state index in [0.717, 1.165) is 27.8 Å². The van der Waals surface area contributed by atoms with Gasteiger partial charge in [0.15, 0.2) is 11.5 Å². The third kappa shape index (κ3) is 8.11. The Bertz CT molecular complexity index is 1570. The summed E-state index contributed by atoms with van der Waals surface area (Å²) in [7, 11) is 0. The smallest absolute Gasteiger partial charge is 0.240 e. The third-order valence-corrected chi connectivity index (χ3v) is 7.11. The number of hydrogen-bond donors (Lipinski definition) is 2. The molecule has 3 N–H and O–H groups in total. The largest absolute Gasteiger partial charge is 0.485 e. The van der Waals surface area contributed by atoms with Gasteiger partial charge in [0, 0.05) is 6.42 Å². The molecule has 5 aromatic rings. The SMILES string of the molecule is NC(=O)[C@H](Cc1ccc(OCc2ccccc2)c(OCc2ccccc2)c1)NC(=O)C(c1ccccc1)c1ccccc1. The van der Waals surface area contributed by atoms with Gasteiger partial charge in [-0.1, -0.05) is 127 Å². The monoisotopic (exact) mass is 570 g/mol. The van der Waals surface area contributed by atoms with Gasteiger partial charge in [0.2, 0.25) is 11.8 Å². The summed E-state index contributed by atoms with van der Waals surface area (Å²) in [5.74, 6) is -0.397. The molecule has 0 aliphatic carbocycles. The lowest BCUT2D eigenvalue weighted by Gasteiger charge is -2.22. The fourth-order valence-electron chi connectivity index (χ4n) is 4.88. The van der Waals surface area contributed by atoms with Crippen molar-refractivity contribution in [3.8, 4) is 11.5 Å². The van der Waals surface area contributed by atoms with E-state index in [9.17, 15) is 9.59 Å². The van der Waals surface area contributed by atoms with Crippen molar-refractivity contribution in [1.29, 1.82) is 0 Å². The van der Waals surface area contributed by atoms with Crippen molar-refractivity contribution in [3.05, 3.63) is 167 Å². The molecule has 1 atom stereocenters. The lowest BCUT2D eigenvalue weighted by atomic mass is 9.90. The van der Waals surface area contributed by atoms with Crippen molar-refractivity contribution in [3.63, 3.8) is 0 Å². The van der Waals surface area contributed by atoms with Crippen LogP contribution in [-0.4, -0.2) is 17.9 Å². The van der Waals surface area contributed by atoms with Crippen molar-refractivity contribution < 1.29 is 19.1 Å². The molecule has 0 aliphatic rings. The Labute approximate surface area is 252 Å². The number of ether oxygens (including phenoxy) is 2. The number of nitrogens with two attached hydrogens (primary N) is 1. The maximum atomic E-state index is 13.7. The van der Waals surface area contributed by atoms with Gasteiger partial charge in [-0.2, -0.15) is 0 Å². The van der Waals surface area contributed by atoms with Crippen LogP contribution in [0.15, 0.2) is 140 Å². The van der Waals surface area contributed by atoms with E-state index in [-0.39, 0.29) is 12.3 Å². The molecule has 0 fully saturated rings. The molecule has 0 spiro atoms. The summed E-state index contributed by atoms with van der Waals surface area (Å²) in [6.45, 7) is 0.722. The average Bonchev–Trinajstić information content (AvgIpc) is 3.05. The molecule has 0 heterocycles. The Morgan fingerprint density at radius 1 is 0.581 bits per heavy atom. The Balaban J connectivity index is 1.36. The maximum Gasteiger partial charge on any atom is 0.240 e. The summed E-state index contributed by atoms with van der Waals surface area (Å²) in [5, 5.41) is 2.92. The van der Waals surface area contributed by atoms with Crippen molar-refractivity contribution in [2.24, 2.45) is 5.73 Å². The quantitative estimate of drug-likeness (QED) is 0.177. The van der Waals surface area contributed by atoms with E-state index in [4.69, 9.17) is 15.2 Å². The molecule has 0 aliphatic heterocycles. The zero-order chi connectivity index (χ0) is 29.9. The second-order valence-corrected chi connectivity index (χ2v) is 10.3. The van der Waals surface area contributed by atoms with Gasteiger partial charge in [0.05, 0.1) is 5.92 Å². The molecule has 6 nitrogen and oxygen atoms in total. The van der Waals surface area contributed by atoms with Gasteiger partial charge in [0.1, 0.15) is 19.3 Å². The predicted molar refractivity (Wildman–Crippen MR) is 168 cm³/mol. The van der Waals surface area contributed by atoms with E-state index in [2.05, 4.69) is 5.32 Å². The molecule has 5 aromatic carbocycles. The molecule has 5 rings (SSSR count). The molecular formula is C37H34N2O4.